The maximum Gasteiger partial charge on any atom is 0.238 e. The van der Waals surface area contributed by atoms with Gasteiger partial charge in [-0.05, 0) is 36.2 Å². The highest BCUT2D eigenvalue weighted by molar-refractivity contribution is 5.93. The number of nitrogens with zero attached hydrogens (tertiary/aromatic N) is 1. The van der Waals surface area contributed by atoms with Gasteiger partial charge in [0.2, 0.25) is 11.8 Å². The van der Waals surface area contributed by atoms with Crippen molar-refractivity contribution >= 4 is 35.6 Å². The molecule has 4 N–H and O–H groups in total. The Kier molecular flexibility index (Phi) is 10.1. The zero-order chi connectivity index (χ0) is 18.8. The summed E-state index contributed by atoms with van der Waals surface area (Å²) in [5.41, 5.74) is 8.31. The summed E-state index contributed by atoms with van der Waals surface area (Å²) in [7, 11) is 0. The molecule has 2 aromatic rings. The molecule has 6 nitrogen and oxygen atoms in total. The van der Waals surface area contributed by atoms with Crippen LogP contribution in [0.25, 0.3) is 0 Å². The van der Waals surface area contributed by atoms with Gasteiger partial charge in [-0.25, -0.2) is 0 Å². The second kappa shape index (κ2) is 12.1. The largest absolute Gasteiger partial charge is 0.329 e. The number of halogens is 1. The van der Waals surface area contributed by atoms with Gasteiger partial charge in [0, 0.05) is 37.9 Å². The molecule has 0 bridgehead atoms. The van der Waals surface area contributed by atoms with Crippen LogP contribution in [0.2, 0.25) is 0 Å². The van der Waals surface area contributed by atoms with Gasteiger partial charge in [-0.2, -0.15) is 0 Å². The minimum atomic E-state index is -0.127. The van der Waals surface area contributed by atoms with E-state index >= 15 is 0 Å². The van der Waals surface area contributed by atoms with E-state index in [1.807, 2.05) is 23.1 Å². The number of hydrogen-bond donors (Lipinski definition) is 3. The van der Waals surface area contributed by atoms with Crippen molar-refractivity contribution in [1.82, 2.24) is 4.90 Å². The van der Waals surface area contributed by atoms with Crippen molar-refractivity contribution in [2.75, 3.05) is 36.8 Å². The van der Waals surface area contributed by atoms with Crippen LogP contribution in [0, 0.1) is 0 Å². The van der Waals surface area contributed by atoms with E-state index in [1.165, 1.54) is 12.5 Å². The quantitative estimate of drug-likeness (QED) is 0.614. The minimum Gasteiger partial charge on any atom is -0.329 e. The SMILES string of the molecule is CC(=O)Nc1ccc(NC(=O)CN(CCN)CCc2ccccc2)cc1.Cl. The summed E-state index contributed by atoms with van der Waals surface area (Å²) in [4.78, 5) is 25.4. The van der Waals surface area contributed by atoms with Gasteiger partial charge in [-0.1, -0.05) is 30.3 Å². The fourth-order valence-corrected chi connectivity index (χ4v) is 2.63. The normalized spacial score (nSPS) is 10.2. The zero-order valence-corrected chi connectivity index (χ0v) is 16.3. The van der Waals surface area contributed by atoms with Gasteiger partial charge < -0.3 is 16.4 Å². The highest BCUT2D eigenvalue weighted by Gasteiger charge is 2.10. The predicted octanol–water partition coefficient (Wildman–Crippen LogP) is 2.51. The van der Waals surface area contributed by atoms with Gasteiger partial charge in [0.15, 0.2) is 0 Å². The third-order valence-corrected chi connectivity index (χ3v) is 3.86. The highest BCUT2D eigenvalue weighted by atomic mass is 35.5. The summed E-state index contributed by atoms with van der Waals surface area (Å²) in [5, 5.41) is 5.57. The molecule has 0 fully saturated rings. The number of amides is 2. The summed E-state index contributed by atoms with van der Waals surface area (Å²) in [6.45, 7) is 3.69. The van der Waals surface area contributed by atoms with E-state index in [-0.39, 0.29) is 30.8 Å². The van der Waals surface area contributed by atoms with Gasteiger partial charge in [-0.15, -0.1) is 12.4 Å². The Balaban J connectivity index is 0.00000364. The molecule has 146 valence electrons. The lowest BCUT2D eigenvalue weighted by molar-refractivity contribution is -0.117. The maximum absolute atomic E-state index is 12.3. The topological polar surface area (TPSA) is 87.5 Å². The van der Waals surface area contributed by atoms with Crippen LogP contribution in [0.1, 0.15) is 12.5 Å². The van der Waals surface area contributed by atoms with Gasteiger partial charge >= 0.3 is 0 Å². The Labute approximate surface area is 166 Å². The molecule has 0 unspecified atom stereocenters. The van der Waals surface area contributed by atoms with E-state index in [9.17, 15) is 9.59 Å². The summed E-state index contributed by atoms with van der Waals surface area (Å²) in [5.74, 6) is -0.212. The van der Waals surface area contributed by atoms with E-state index < -0.39 is 0 Å². The molecule has 0 aliphatic heterocycles. The van der Waals surface area contributed by atoms with Crippen LogP contribution in [0.4, 0.5) is 11.4 Å². The highest BCUT2D eigenvalue weighted by Crippen LogP contribution is 2.13. The molecule has 27 heavy (non-hydrogen) atoms. The smallest absolute Gasteiger partial charge is 0.238 e. The van der Waals surface area contributed by atoms with Crippen molar-refractivity contribution in [3.63, 3.8) is 0 Å². The Bertz CT molecular complexity index is 708. The minimum absolute atomic E-state index is 0. The number of anilines is 2. The number of benzene rings is 2. The predicted molar refractivity (Wildman–Crippen MR) is 112 cm³/mol. The molecule has 0 aromatic heterocycles. The Morgan fingerprint density at radius 2 is 1.52 bits per heavy atom. The number of hydrogen-bond acceptors (Lipinski definition) is 4. The van der Waals surface area contributed by atoms with Gasteiger partial charge in [-0.3, -0.25) is 14.5 Å². The first-order valence-corrected chi connectivity index (χ1v) is 8.70. The number of carbonyl (C=O) groups excluding carboxylic acids is 2. The molecule has 2 aromatic carbocycles. The monoisotopic (exact) mass is 390 g/mol. The average molecular weight is 391 g/mol. The van der Waals surface area contributed by atoms with E-state index in [0.29, 0.717) is 24.5 Å². The molecule has 7 heteroatoms. The van der Waals surface area contributed by atoms with Gasteiger partial charge in [0.05, 0.1) is 6.54 Å². The second-order valence-corrected chi connectivity index (χ2v) is 6.11. The summed E-state index contributed by atoms with van der Waals surface area (Å²) >= 11 is 0. The molecule has 0 heterocycles. The molecule has 0 aliphatic carbocycles. The van der Waals surface area contributed by atoms with Gasteiger partial charge in [0.25, 0.3) is 0 Å². The number of carbonyl (C=O) groups is 2. The molecule has 0 saturated carbocycles. The number of rotatable bonds is 9. The molecule has 0 aliphatic rings. The second-order valence-electron chi connectivity index (χ2n) is 6.11. The van der Waals surface area contributed by atoms with E-state index in [4.69, 9.17) is 5.73 Å². The fraction of sp³-hybridized carbons (Fsp3) is 0.300. The first-order valence-electron chi connectivity index (χ1n) is 8.70. The van der Waals surface area contributed by atoms with E-state index in [2.05, 4.69) is 22.8 Å². The van der Waals surface area contributed by atoms with Crippen LogP contribution >= 0.6 is 12.4 Å². The first-order chi connectivity index (χ1) is 12.6. The van der Waals surface area contributed by atoms with Crippen LogP contribution in [-0.4, -0.2) is 42.9 Å². The standard InChI is InChI=1S/C20H26N4O2.ClH/c1-16(25)22-18-7-9-19(10-8-18)23-20(26)15-24(14-12-21)13-11-17-5-3-2-4-6-17;/h2-10H,11-15,21H2,1H3,(H,22,25)(H,23,26);1H. The Hall–Kier alpha value is -2.41. The first kappa shape index (κ1) is 22.6. The fourth-order valence-electron chi connectivity index (χ4n) is 2.63. The number of nitrogens with one attached hydrogen (secondary N) is 2. The Morgan fingerprint density at radius 1 is 0.926 bits per heavy atom. The van der Waals surface area contributed by atoms with Crippen LogP contribution in [-0.2, 0) is 16.0 Å². The third kappa shape index (κ3) is 8.68. The van der Waals surface area contributed by atoms with Crippen LogP contribution in [0.5, 0.6) is 0 Å². The van der Waals surface area contributed by atoms with E-state index in [0.717, 1.165) is 13.0 Å². The van der Waals surface area contributed by atoms with Crippen molar-refractivity contribution in [2.24, 2.45) is 5.73 Å². The lowest BCUT2D eigenvalue weighted by Gasteiger charge is -2.21. The summed E-state index contributed by atoms with van der Waals surface area (Å²) in [6.07, 6.45) is 0.875. The lowest BCUT2D eigenvalue weighted by Crippen LogP contribution is -2.37. The van der Waals surface area contributed by atoms with E-state index in [1.54, 1.807) is 24.3 Å². The molecule has 0 spiro atoms. The average Bonchev–Trinajstić information content (AvgIpc) is 2.62. The van der Waals surface area contributed by atoms with Crippen molar-refractivity contribution in [3.8, 4) is 0 Å². The molecular formula is C20H27ClN4O2. The van der Waals surface area contributed by atoms with Crippen LogP contribution in [0.3, 0.4) is 0 Å². The van der Waals surface area contributed by atoms with Crippen molar-refractivity contribution < 1.29 is 9.59 Å². The van der Waals surface area contributed by atoms with Crippen molar-refractivity contribution in [3.05, 3.63) is 60.2 Å². The molecule has 2 rings (SSSR count). The van der Waals surface area contributed by atoms with Gasteiger partial charge in [0.1, 0.15) is 0 Å². The molecule has 0 saturated heterocycles. The summed E-state index contributed by atoms with van der Waals surface area (Å²) < 4.78 is 0. The van der Waals surface area contributed by atoms with Crippen LogP contribution in [0.15, 0.2) is 54.6 Å². The lowest BCUT2D eigenvalue weighted by atomic mass is 10.1. The Morgan fingerprint density at radius 3 is 2.07 bits per heavy atom. The van der Waals surface area contributed by atoms with Crippen LogP contribution < -0.4 is 16.4 Å². The molecular weight excluding hydrogens is 364 g/mol. The molecule has 0 radical (unpaired) electrons. The number of nitrogens with two attached hydrogens (primary N) is 1. The third-order valence-electron chi connectivity index (χ3n) is 3.86. The van der Waals surface area contributed by atoms with Crippen molar-refractivity contribution in [1.29, 1.82) is 0 Å². The van der Waals surface area contributed by atoms with Crippen molar-refractivity contribution in [2.45, 2.75) is 13.3 Å². The molecule has 0 atom stereocenters. The maximum atomic E-state index is 12.3. The summed E-state index contributed by atoms with van der Waals surface area (Å²) in [6, 6.07) is 17.2. The zero-order valence-electron chi connectivity index (χ0n) is 15.5. The molecule has 2 amide bonds.